The third-order valence-electron chi connectivity index (χ3n) is 3.29. The predicted octanol–water partition coefficient (Wildman–Crippen LogP) is 1.92. The third kappa shape index (κ3) is 1.97. The van der Waals surface area contributed by atoms with Crippen LogP contribution in [0.5, 0.6) is 0 Å². The molecule has 3 unspecified atom stereocenters. The Morgan fingerprint density at radius 3 is 3.06 bits per heavy atom. The zero-order valence-corrected chi connectivity index (χ0v) is 10.3. The van der Waals surface area contributed by atoms with Gasteiger partial charge in [-0.25, -0.2) is 0 Å². The highest BCUT2D eigenvalue weighted by Gasteiger charge is 2.35. The van der Waals surface area contributed by atoms with Crippen molar-refractivity contribution in [3.8, 4) is 0 Å². The Bertz CT molecular complexity index is 347. The van der Waals surface area contributed by atoms with E-state index in [4.69, 9.17) is 16.3 Å². The minimum atomic E-state index is -0.590. The normalized spacial score (nSPS) is 27.2. The summed E-state index contributed by atoms with van der Waals surface area (Å²) >= 11 is 6.03. The van der Waals surface area contributed by atoms with E-state index in [0.29, 0.717) is 10.7 Å². The zero-order chi connectivity index (χ0) is 11.7. The molecule has 0 saturated carbocycles. The summed E-state index contributed by atoms with van der Waals surface area (Å²) in [5.41, 5.74) is 0.690. The first kappa shape index (κ1) is 11.9. The van der Waals surface area contributed by atoms with Gasteiger partial charge in [0.15, 0.2) is 0 Å². The first-order valence-corrected chi connectivity index (χ1v) is 6.00. The van der Waals surface area contributed by atoms with Crippen molar-refractivity contribution in [3.63, 3.8) is 0 Å². The molecule has 90 valence electrons. The number of aliphatic hydroxyl groups excluding tert-OH is 1. The second-order valence-electron chi connectivity index (χ2n) is 4.22. The first-order chi connectivity index (χ1) is 7.65. The molecule has 0 radical (unpaired) electrons. The molecule has 1 aromatic rings. The summed E-state index contributed by atoms with van der Waals surface area (Å²) in [6.07, 6.45) is 2.89. The molecule has 0 spiro atoms. The molecule has 1 aliphatic heterocycles. The molecule has 3 atom stereocenters. The van der Waals surface area contributed by atoms with Gasteiger partial charge in [-0.1, -0.05) is 18.5 Å². The molecular formula is C11H17ClN2O2. The average Bonchev–Trinajstić information content (AvgIpc) is 2.85. The van der Waals surface area contributed by atoms with Crippen LogP contribution in [0.3, 0.4) is 0 Å². The van der Waals surface area contributed by atoms with E-state index in [1.807, 2.05) is 0 Å². The van der Waals surface area contributed by atoms with Crippen molar-refractivity contribution in [2.45, 2.75) is 32.0 Å². The van der Waals surface area contributed by atoms with Gasteiger partial charge < -0.3 is 9.84 Å². The van der Waals surface area contributed by atoms with Gasteiger partial charge in [-0.2, -0.15) is 5.10 Å². The number of hydrogen-bond donors (Lipinski definition) is 1. The molecule has 2 heterocycles. The van der Waals surface area contributed by atoms with Crippen LogP contribution in [-0.4, -0.2) is 27.6 Å². The summed E-state index contributed by atoms with van der Waals surface area (Å²) < 4.78 is 7.22. The summed E-state index contributed by atoms with van der Waals surface area (Å²) in [4.78, 5) is 0. The van der Waals surface area contributed by atoms with Crippen LogP contribution in [0, 0.1) is 5.92 Å². The maximum atomic E-state index is 10.3. The van der Waals surface area contributed by atoms with Crippen molar-refractivity contribution in [2.24, 2.45) is 13.0 Å². The van der Waals surface area contributed by atoms with Gasteiger partial charge in [0.05, 0.1) is 23.0 Å². The Labute approximate surface area is 100 Å². The van der Waals surface area contributed by atoms with Crippen LogP contribution >= 0.6 is 11.6 Å². The Kier molecular flexibility index (Phi) is 3.52. The van der Waals surface area contributed by atoms with Gasteiger partial charge in [-0.05, 0) is 12.8 Å². The van der Waals surface area contributed by atoms with Gasteiger partial charge in [-0.15, -0.1) is 0 Å². The summed E-state index contributed by atoms with van der Waals surface area (Å²) in [6.45, 7) is 2.79. The number of halogens is 1. The molecule has 0 aliphatic carbocycles. The molecule has 5 heteroatoms. The molecular weight excluding hydrogens is 228 g/mol. The highest BCUT2D eigenvalue weighted by atomic mass is 35.5. The van der Waals surface area contributed by atoms with Gasteiger partial charge in [-0.3, -0.25) is 4.68 Å². The average molecular weight is 245 g/mol. The van der Waals surface area contributed by atoms with Crippen molar-refractivity contribution in [1.82, 2.24) is 9.78 Å². The number of aryl methyl sites for hydroxylation is 1. The minimum Gasteiger partial charge on any atom is -0.386 e. The lowest BCUT2D eigenvalue weighted by atomic mass is 9.91. The van der Waals surface area contributed by atoms with E-state index < -0.39 is 6.10 Å². The van der Waals surface area contributed by atoms with Crippen molar-refractivity contribution >= 4 is 11.6 Å². The van der Waals surface area contributed by atoms with Crippen LogP contribution in [0.2, 0.25) is 5.02 Å². The Morgan fingerprint density at radius 1 is 1.75 bits per heavy atom. The summed E-state index contributed by atoms with van der Waals surface area (Å²) in [6, 6.07) is 0. The van der Waals surface area contributed by atoms with Gasteiger partial charge in [0.1, 0.15) is 6.10 Å². The number of nitrogens with zero attached hydrogens (tertiary/aromatic N) is 2. The summed E-state index contributed by atoms with van der Waals surface area (Å²) in [5.74, 6) is 0.123. The molecule has 0 bridgehead atoms. The number of aromatic nitrogens is 2. The molecule has 0 amide bonds. The van der Waals surface area contributed by atoms with Crippen molar-refractivity contribution in [2.75, 3.05) is 6.61 Å². The van der Waals surface area contributed by atoms with E-state index in [1.165, 1.54) is 0 Å². The third-order valence-corrected chi connectivity index (χ3v) is 3.58. The topological polar surface area (TPSA) is 47.3 Å². The smallest absolute Gasteiger partial charge is 0.102 e. The minimum absolute atomic E-state index is 0.123. The van der Waals surface area contributed by atoms with E-state index in [0.717, 1.165) is 19.4 Å². The fourth-order valence-corrected chi connectivity index (χ4v) is 2.68. The molecule has 1 aromatic heterocycles. The number of ether oxygens (including phenoxy) is 1. The molecule has 1 fully saturated rings. The molecule has 4 nitrogen and oxygen atoms in total. The van der Waals surface area contributed by atoms with Crippen LogP contribution in [0.15, 0.2) is 6.20 Å². The summed E-state index contributed by atoms with van der Waals surface area (Å²) in [7, 11) is 1.79. The maximum Gasteiger partial charge on any atom is 0.102 e. The summed E-state index contributed by atoms with van der Waals surface area (Å²) in [5, 5.41) is 14.9. The monoisotopic (exact) mass is 244 g/mol. The van der Waals surface area contributed by atoms with Gasteiger partial charge in [0.2, 0.25) is 0 Å². The maximum absolute atomic E-state index is 10.3. The van der Waals surface area contributed by atoms with Crippen LogP contribution in [-0.2, 0) is 11.8 Å². The molecule has 1 N–H and O–H groups in total. The highest BCUT2D eigenvalue weighted by Crippen LogP contribution is 2.36. The van der Waals surface area contributed by atoms with E-state index in [2.05, 4.69) is 12.0 Å². The number of hydrogen-bond acceptors (Lipinski definition) is 3. The standard InChI is InChI=1S/C11H17ClN2O2/c1-3-9-7(4-5-16-9)11(15)10-8(12)6-13-14(10)2/h6-7,9,11,15H,3-5H2,1-2H3. The molecule has 0 aromatic carbocycles. The van der Waals surface area contributed by atoms with Crippen molar-refractivity contribution in [1.29, 1.82) is 0 Å². The molecule has 16 heavy (non-hydrogen) atoms. The Balaban J connectivity index is 2.21. The Hall–Kier alpha value is -0.580. The van der Waals surface area contributed by atoms with Crippen LogP contribution in [0.1, 0.15) is 31.6 Å². The van der Waals surface area contributed by atoms with Gasteiger partial charge in [0.25, 0.3) is 0 Å². The molecule has 1 aliphatic rings. The largest absolute Gasteiger partial charge is 0.386 e. The van der Waals surface area contributed by atoms with Gasteiger partial charge in [0, 0.05) is 19.6 Å². The second kappa shape index (κ2) is 4.73. The number of rotatable bonds is 3. The van der Waals surface area contributed by atoms with E-state index >= 15 is 0 Å². The highest BCUT2D eigenvalue weighted by molar-refractivity contribution is 6.31. The lowest BCUT2D eigenvalue weighted by Gasteiger charge is -2.23. The van der Waals surface area contributed by atoms with E-state index in [-0.39, 0.29) is 12.0 Å². The van der Waals surface area contributed by atoms with Crippen LogP contribution in [0.25, 0.3) is 0 Å². The van der Waals surface area contributed by atoms with Crippen molar-refractivity contribution < 1.29 is 9.84 Å². The first-order valence-electron chi connectivity index (χ1n) is 5.62. The predicted molar refractivity (Wildman–Crippen MR) is 61.3 cm³/mol. The number of aliphatic hydroxyl groups is 1. The SMILES string of the molecule is CCC1OCCC1C(O)c1c(Cl)cnn1C. The van der Waals surface area contributed by atoms with E-state index in [1.54, 1.807) is 17.9 Å². The van der Waals surface area contributed by atoms with Crippen LogP contribution < -0.4 is 0 Å². The fourth-order valence-electron chi connectivity index (χ4n) is 2.40. The van der Waals surface area contributed by atoms with Gasteiger partial charge >= 0.3 is 0 Å². The molecule has 1 saturated heterocycles. The zero-order valence-electron chi connectivity index (χ0n) is 9.56. The quantitative estimate of drug-likeness (QED) is 0.884. The Morgan fingerprint density at radius 2 is 2.50 bits per heavy atom. The second-order valence-corrected chi connectivity index (χ2v) is 4.62. The van der Waals surface area contributed by atoms with Crippen LogP contribution in [0.4, 0.5) is 0 Å². The lowest BCUT2D eigenvalue weighted by molar-refractivity contribution is 0.0273. The van der Waals surface area contributed by atoms with E-state index in [9.17, 15) is 5.11 Å². The van der Waals surface area contributed by atoms with Crippen molar-refractivity contribution in [3.05, 3.63) is 16.9 Å². The molecule has 2 rings (SSSR count). The lowest BCUT2D eigenvalue weighted by Crippen LogP contribution is -2.23. The fraction of sp³-hybridized carbons (Fsp3) is 0.727.